The maximum Gasteiger partial charge on any atom is 0.128 e. The van der Waals surface area contributed by atoms with Crippen LogP contribution in [0.2, 0.25) is 0 Å². The lowest BCUT2D eigenvalue weighted by Gasteiger charge is -2.28. The molecule has 0 atom stereocenters. The van der Waals surface area contributed by atoms with Crippen molar-refractivity contribution in [3.05, 3.63) is 74.3 Å². The molecule has 2 aromatic heterocycles. The van der Waals surface area contributed by atoms with Crippen molar-refractivity contribution in [3.63, 3.8) is 0 Å². The molecule has 0 unspecified atom stereocenters. The highest BCUT2D eigenvalue weighted by atomic mass is 79.9. The quantitative estimate of drug-likeness (QED) is 0.458. The number of rotatable bonds is 5. The van der Waals surface area contributed by atoms with Crippen LogP contribution in [0.1, 0.15) is 36.0 Å². The first kappa shape index (κ1) is 19.7. The fraction of sp³-hybridized carbons (Fsp3) is 0.318. The highest BCUT2D eigenvalue weighted by Gasteiger charge is 2.18. The molecule has 4 rings (SSSR count). The molecule has 1 aromatic carbocycles. The Hall–Kier alpha value is -1.63. The molecule has 0 radical (unpaired) electrons. The van der Waals surface area contributed by atoms with E-state index in [9.17, 15) is 0 Å². The molecular formula is C22H22Br2N4. The van der Waals surface area contributed by atoms with Gasteiger partial charge >= 0.3 is 0 Å². The summed E-state index contributed by atoms with van der Waals surface area (Å²) in [5.41, 5.74) is 5.79. The van der Waals surface area contributed by atoms with Crippen LogP contribution in [0.15, 0.2) is 51.7 Å². The van der Waals surface area contributed by atoms with Crippen LogP contribution in [0.25, 0.3) is 11.3 Å². The summed E-state index contributed by atoms with van der Waals surface area (Å²) >= 11 is 7.08. The van der Waals surface area contributed by atoms with Gasteiger partial charge in [0.1, 0.15) is 5.82 Å². The Balaban J connectivity index is 1.44. The Morgan fingerprint density at radius 1 is 1.04 bits per heavy atom. The number of hydrogen-bond acceptors (Lipinski definition) is 4. The van der Waals surface area contributed by atoms with Crippen molar-refractivity contribution in [1.82, 2.24) is 19.9 Å². The van der Waals surface area contributed by atoms with Gasteiger partial charge in [0.15, 0.2) is 0 Å². The Morgan fingerprint density at radius 2 is 1.86 bits per heavy atom. The van der Waals surface area contributed by atoms with Crippen molar-refractivity contribution < 1.29 is 0 Å². The van der Waals surface area contributed by atoms with Gasteiger partial charge in [-0.3, -0.25) is 9.88 Å². The van der Waals surface area contributed by atoms with E-state index >= 15 is 0 Å². The fourth-order valence-electron chi connectivity index (χ4n) is 3.54. The minimum absolute atomic E-state index is 0.894. The molecule has 3 aromatic rings. The summed E-state index contributed by atoms with van der Waals surface area (Å²) in [4.78, 5) is 16.4. The fourth-order valence-corrected chi connectivity index (χ4v) is 4.84. The van der Waals surface area contributed by atoms with Crippen molar-refractivity contribution in [2.75, 3.05) is 6.54 Å². The van der Waals surface area contributed by atoms with Gasteiger partial charge in [-0.15, -0.1) is 0 Å². The van der Waals surface area contributed by atoms with E-state index in [-0.39, 0.29) is 0 Å². The average molecular weight is 502 g/mol. The van der Waals surface area contributed by atoms with Gasteiger partial charge in [0.2, 0.25) is 0 Å². The second-order valence-electron chi connectivity index (χ2n) is 7.18. The molecular weight excluding hydrogens is 480 g/mol. The van der Waals surface area contributed by atoms with Crippen molar-refractivity contribution in [2.45, 2.75) is 39.3 Å². The van der Waals surface area contributed by atoms with E-state index in [2.05, 4.69) is 77.9 Å². The molecule has 0 amide bonds. The molecule has 0 saturated carbocycles. The average Bonchev–Trinajstić information content (AvgIpc) is 2.68. The first-order chi connectivity index (χ1) is 13.6. The molecule has 0 fully saturated rings. The van der Waals surface area contributed by atoms with Crippen LogP contribution in [-0.4, -0.2) is 26.4 Å². The molecule has 0 saturated heterocycles. The van der Waals surface area contributed by atoms with Gasteiger partial charge in [-0.1, -0.05) is 44.8 Å². The van der Waals surface area contributed by atoms with Gasteiger partial charge in [-0.25, -0.2) is 9.97 Å². The molecule has 0 spiro atoms. The topological polar surface area (TPSA) is 41.9 Å². The van der Waals surface area contributed by atoms with Gasteiger partial charge < -0.3 is 0 Å². The number of fused-ring (bicyclic) bond motifs is 1. The predicted octanol–water partition coefficient (Wildman–Crippen LogP) is 5.57. The van der Waals surface area contributed by atoms with Gasteiger partial charge in [-0.05, 0) is 36.2 Å². The van der Waals surface area contributed by atoms with Crippen LogP contribution in [0.5, 0.6) is 0 Å². The molecule has 144 valence electrons. The number of pyridine rings is 1. The number of nitrogens with zero attached hydrogens (tertiary/aromatic N) is 4. The number of hydrogen-bond donors (Lipinski definition) is 0. The molecule has 28 heavy (non-hydrogen) atoms. The van der Waals surface area contributed by atoms with E-state index in [1.165, 1.54) is 16.8 Å². The van der Waals surface area contributed by atoms with Gasteiger partial charge in [-0.2, -0.15) is 0 Å². The minimum Gasteiger partial charge on any atom is -0.294 e. The Labute approximate surface area is 182 Å². The van der Waals surface area contributed by atoms with E-state index in [4.69, 9.17) is 4.98 Å². The standard InChI is InChI=1S/C22H22Br2N4/c1-2-3-22-26-12-17-14-28(7-6-21(17)27-22)13-15-4-5-20(25-11-15)16-8-18(23)10-19(24)9-16/h4-5,8-12H,2-3,6-7,13-14H2,1H3. The summed E-state index contributed by atoms with van der Waals surface area (Å²) in [6.45, 7) is 4.99. The van der Waals surface area contributed by atoms with Crippen LogP contribution in [0.4, 0.5) is 0 Å². The largest absolute Gasteiger partial charge is 0.294 e. The first-order valence-corrected chi connectivity index (χ1v) is 11.2. The second kappa shape index (κ2) is 8.80. The van der Waals surface area contributed by atoms with Crippen molar-refractivity contribution >= 4 is 31.9 Å². The van der Waals surface area contributed by atoms with Crippen LogP contribution >= 0.6 is 31.9 Å². The van der Waals surface area contributed by atoms with Crippen LogP contribution in [0, 0.1) is 0 Å². The van der Waals surface area contributed by atoms with E-state index in [0.717, 1.165) is 64.9 Å². The Kier molecular flexibility index (Phi) is 6.19. The highest BCUT2D eigenvalue weighted by molar-refractivity contribution is 9.11. The minimum atomic E-state index is 0.894. The predicted molar refractivity (Wildman–Crippen MR) is 119 cm³/mol. The summed E-state index contributed by atoms with van der Waals surface area (Å²) in [6.07, 6.45) is 7.05. The van der Waals surface area contributed by atoms with E-state index < -0.39 is 0 Å². The third-order valence-electron chi connectivity index (χ3n) is 4.93. The Bertz CT molecular complexity index is 953. The zero-order valence-electron chi connectivity index (χ0n) is 15.8. The van der Waals surface area contributed by atoms with Crippen molar-refractivity contribution in [2.24, 2.45) is 0 Å². The number of aryl methyl sites for hydroxylation is 1. The summed E-state index contributed by atoms with van der Waals surface area (Å²) in [6, 6.07) is 10.5. The molecule has 1 aliphatic rings. The summed E-state index contributed by atoms with van der Waals surface area (Å²) in [7, 11) is 0. The van der Waals surface area contributed by atoms with Gasteiger partial charge in [0.05, 0.1) is 5.69 Å². The number of aromatic nitrogens is 3. The van der Waals surface area contributed by atoms with E-state index in [1.807, 2.05) is 18.5 Å². The van der Waals surface area contributed by atoms with Gasteiger partial charge in [0.25, 0.3) is 0 Å². The summed E-state index contributed by atoms with van der Waals surface area (Å²) in [5.74, 6) is 0.980. The van der Waals surface area contributed by atoms with E-state index in [0.29, 0.717) is 0 Å². The third-order valence-corrected chi connectivity index (χ3v) is 5.84. The molecule has 1 aliphatic heterocycles. The Morgan fingerprint density at radius 3 is 2.57 bits per heavy atom. The van der Waals surface area contributed by atoms with Crippen LogP contribution in [0.3, 0.4) is 0 Å². The SMILES string of the molecule is CCCc1ncc2c(n1)CCN(Cc1ccc(-c3cc(Br)cc(Br)c3)nc1)C2. The normalized spacial score (nSPS) is 14.1. The molecule has 3 heterocycles. The smallest absolute Gasteiger partial charge is 0.128 e. The number of benzene rings is 1. The molecule has 4 nitrogen and oxygen atoms in total. The second-order valence-corrected chi connectivity index (χ2v) is 9.01. The maximum absolute atomic E-state index is 4.75. The molecule has 0 aliphatic carbocycles. The maximum atomic E-state index is 4.75. The van der Waals surface area contributed by atoms with Crippen LogP contribution in [-0.2, 0) is 25.9 Å². The lowest BCUT2D eigenvalue weighted by Crippen LogP contribution is -2.31. The number of halogens is 2. The third kappa shape index (κ3) is 4.67. The molecule has 6 heteroatoms. The lowest BCUT2D eigenvalue weighted by atomic mass is 10.1. The zero-order chi connectivity index (χ0) is 19.5. The highest BCUT2D eigenvalue weighted by Crippen LogP contribution is 2.27. The van der Waals surface area contributed by atoms with Gasteiger partial charge in [0, 0.05) is 70.6 Å². The first-order valence-electron chi connectivity index (χ1n) is 9.58. The summed E-state index contributed by atoms with van der Waals surface area (Å²) < 4.78 is 2.08. The lowest BCUT2D eigenvalue weighted by molar-refractivity contribution is 0.242. The van der Waals surface area contributed by atoms with Crippen LogP contribution < -0.4 is 0 Å². The van der Waals surface area contributed by atoms with E-state index in [1.54, 1.807) is 0 Å². The monoisotopic (exact) mass is 500 g/mol. The zero-order valence-corrected chi connectivity index (χ0v) is 19.0. The molecule has 0 bridgehead atoms. The molecule has 0 N–H and O–H groups in total. The van der Waals surface area contributed by atoms with Crippen molar-refractivity contribution in [1.29, 1.82) is 0 Å². The summed E-state index contributed by atoms with van der Waals surface area (Å²) in [5, 5.41) is 0. The van der Waals surface area contributed by atoms with Crippen molar-refractivity contribution in [3.8, 4) is 11.3 Å².